The van der Waals surface area contributed by atoms with E-state index in [1.54, 1.807) is 23.5 Å². The van der Waals surface area contributed by atoms with Crippen LogP contribution < -0.4 is 5.32 Å². The molecule has 0 saturated carbocycles. The van der Waals surface area contributed by atoms with Crippen molar-refractivity contribution in [3.05, 3.63) is 51.4 Å². The van der Waals surface area contributed by atoms with E-state index in [4.69, 9.17) is 0 Å². The smallest absolute Gasteiger partial charge is 0.269 e. The normalized spacial score (nSPS) is 11.8. The summed E-state index contributed by atoms with van der Waals surface area (Å²) in [6.07, 6.45) is 1.98. The number of nitrogens with zero attached hydrogens (tertiary/aromatic N) is 2. The molecule has 1 aromatic carbocycles. The van der Waals surface area contributed by atoms with Crippen LogP contribution in [-0.4, -0.2) is 43.5 Å². The minimum Gasteiger partial charge on any atom is -0.312 e. The minimum absolute atomic E-state index is 0.0856. The Hall–Kier alpha value is -1.81. The molecule has 2 aromatic rings. The van der Waals surface area contributed by atoms with Crippen molar-refractivity contribution in [1.82, 2.24) is 9.62 Å². The second kappa shape index (κ2) is 9.22. The third kappa shape index (κ3) is 5.87. The summed E-state index contributed by atoms with van der Waals surface area (Å²) in [5.41, 5.74) is 1.04. The molecule has 0 aliphatic heterocycles. The van der Waals surface area contributed by atoms with Crippen molar-refractivity contribution < 1.29 is 13.3 Å². The lowest BCUT2D eigenvalue weighted by Crippen LogP contribution is -2.32. The maximum atomic E-state index is 11.5. The fourth-order valence-corrected chi connectivity index (χ4v) is 4.44. The lowest BCUT2D eigenvalue weighted by atomic mass is 10.2. The zero-order valence-corrected chi connectivity index (χ0v) is 16.5. The van der Waals surface area contributed by atoms with Crippen LogP contribution in [-0.2, 0) is 16.6 Å². The molecular weight excluding hydrogens is 374 g/mol. The largest absolute Gasteiger partial charge is 0.312 e. The maximum Gasteiger partial charge on any atom is 0.269 e. The molecule has 0 saturated heterocycles. The average Bonchev–Trinajstić information content (AvgIpc) is 3.06. The second-order valence-corrected chi connectivity index (χ2v) is 9.01. The van der Waals surface area contributed by atoms with Gasteiger partial charge in [0.15, 0.2) is 0 Å². The highest BCUT2D eigenvalue weighted by molar-refractivity contribution is 7.88. The molecule has 0 aliphatic carbocycles. The van der Waals surface area contributed by atoms with E-state index in [1.165, 1.54) is 22.7 Å². The molecule has 0 unspecified atom stereocenters. The summed E-state index contributed by atoms with van der Waals surface area (Å²) >= 11 is 1.63. The Balaban J connectivity index is 1.81. The number of non-ortho nitro benzene ring substituents is 1. The van der Waals surface area contributed by atoms with Crippen molar-refractivity contribution >= 4 is 27.0 Å². The molecule has 7 nitrogen and oxygen atoms in total. The van der Waals surface area contributed by atoms with Gasteiger partial charge in [0.2, 0.25) is 10.0 Å². The van der Waals surface area contributed by atoms with Gasteiger partial charge in [0, 0.05) is 41.5 Å². The van der Waals surface area contributed by atoms with Crippen molar-refractivity contribution in [3.8, 4) is 10.4 Å². The first-order valence-corrected chi connectivity index (χ1v) is 11.0. The van der Waals surface area contributed by atoms with E-state index in [9.17, 15) is 18.5 Å². The third-order valence-corrected chi connectivity index (χ3v) is 6.42. The fourth-order valence-electron chi connectivity index (χ4n) is 2.53. The van der Waals surface area contributed by atoms with Crippen LogP contribution in [0.3, 0.4) is 0 Å². The van der Waals surface area contributed by atoms with Gasteiger partial charge < -0.3 is 5.32 Å². The first-order valence-electron chi connectivity index (χ1n) is 8.30. The highest BCUT2D eigenvalue weighted by Gasteiger charge is 2.13. The van der Waals surface area contributed by atoms with Gasteiger partial charge in [-0.05, 0) is 42.8 Å². The van der Waals surface area contributed by atoms with Crippen LogP contribution in [0.2, 0.25) is 0 Å². The topological polar surface area (TPSA) is 92.5 Å². The van der Waals surface area contributed by atoms with Crippen LogP contribution in [0.1, 0.15) is 18.2 Å². The van der Waals surface area contributed by atoms with Gasteiger partial charge in [0.1, 0.15) is 0 Å². The lowest BCUT2D eigenvalue weighted by Gasteiger charge is -2.17. The molecule has 0 atom stereocenters. The van der Waals surface area contributed by atoms with Gasteiger partial charge >= 0.3 is 0 Å². The van der Waals surface area contributed by atoms with Gasteiger partial charge in [-0.1, -0.05) is 6.92 Å². The first-order chi connectivity index (χ1) is 12.3. The molecule has 142 valence electrons. The van der Waals surface area contributed by atoms with Gasteiger partial charge in [-0.25, -0.2) is 12.7 Å². The quantitative estimate of drug-likeness (QED) is 0.378. The van der Waals surface area contributed by atoms with E-state index in [1.807, 2.05) is 19.1 Å². The van der Waals surface area contributed by atoms with E-state index >= 15 is 0 Å². The number of nitro benzene ring substituents is 1. The number of nitro groups is 1. The SMILES string of the molecule is CCN(CCCNCc1ccc(-c2ccc([N+](=O)[O-])cc2)s1)S(C)(=O)=O. The summed E-state index contributed by atoms with van der Waals surface area (Å²) in [6.45, 7) is 4.28. The van der Waals surface area contributed by atoms with E-state index in [0.29, 0.717) is 19.6 Å². The Kier molecular flexibility index (Phi) is 7.27. The molecule has 9 heteroatoms. The molecule has 0 radical (unpaired) electrons. The van der Waals surface area contributed by atoms with Crippen LogP contribution >= 0.6 is 11.3 Å². The second-order valence-electron chi connectivity index (χ2n) is 5.85. The number of sulfonamides is 1. The number of hydrogen-bond acceptors (Lipinski definition) is 6. The van der Waals surface area contributed by atoms with Crippen LogP contribution in [0.4, 0.5) is 5.69 Å². The predicted octanol–water partition coefficient (Wildman–Crippen LogP) is 3.08. The van der Waals surface area contributed by atoms with Gasteiger partial charge in [-0.3, -0.25) is 10.1 Å². The van der Waals surface area contributed by atoms with Crippen LogP contribution in [0.5, 0.6) is 0 Å². The summed E-state index contributed by atoms with van der Waals surface area (Å²) < 4.78 is 24.5. The third-order valence-electron chi connectivity index (χ3n) is 3.91. The minimum atomic E-state index is -3.12. The average molecular weight is 398 g/mol. The fraction of sp³-hybridized carbons (Fsp3) is 0.412. The van der Waals surface area contributed by atoms with Gasteiger partial charge in [0.05, 0.1) is 11.2 Å². The van der Waals surface area contributed by atoms with Crippen molar-refractivity contribution in [2.75, 3.05) is 25.9 Å². The van der Waals surface area contributed by atoms with Gasteiger partial charge in [-0.2, -0.15) is 0 Å². The zero-order valence-electron chi connectivity index (χ0n) is 14.8. The molecule has 0 amide bonds. The summed E-state index contributed by atoms with van der Waals surface area (Å²) in [6, 6.07) is 10.6. The van der Waals surface area contributed by atoms with Crippen LogP contribution in [0, 0.1) is 10.1 Å². The molecule has 1 heterocycles. The van der Waals surface area contributed by atoms with E-state index in [0.717, 1.165) is 28.3 Å². The number of benzene rings is 1. The summed E-state index contributed by atoms with van der Waals surface area (Å²) in [7, 11) is -3.12. The Morgan fingerprint density at radius 1 is 1.19 bits per heavy atom. The highest BCUT2D eigenvalue weighted by Crippen LogP contribution is 2.29. The Morgan fingerprint density at radius 3 is 2.46 bits per heavy atom. The van der Waals surface area contributed by atoms with Crippen LogP contribution in [0.15, 0.2) is 36.4 Å². The van der Waals surface area contributed by atoms with Crippen molar-refractivity contribution in [2.45, 2.75) is 19.9 Å². The number of nitrogens with one attached hydrogen (secondary N) is 1. The molecule has 26 heavy (non-hydrogen) atoms. The van der Waals surface area contributed by atoms with Crippen LogP contribution in [0.25, 0.3) is 10.4 Å². The number of rotatable bonds is 10. The molecular formula is C17H23N3O4S2. The lowest BCUT2D eigenvalue weighted by molar-refractivity contribution is -0.384. The standard InChI is InChI=1S/C17H23N3O4S2/c1-3-19(26(2,23)24)12-4-11-18-13-16-9-10-17(25-16)14-5-7-15(8-6-14)20(21)22/h5-10,18H,3-4,11-13H2,1-2H3. The van der Waals surface area contributed by atoms with E-state index < -0.39 is 14.9 Å². The molecule has 0 bridgehead atoms. The van der Waals surface area contributed by atoms with Crippen molar-refractivity contribution in [2.24, 2.45) is 0 Å². The highest BCUT2D eigenvalue weighted by atomic mass is 32.2. The Labute approximate surface area is 157 Å². The molecule has 0 spiro atoms. The summed E-state index contributed by atoms with van der Waals surface area (Å²) in [4.78, 5) is 12.5. The van der Waals surface area contributed by atoms with Gasteiger partial charge in [0.25, 0.3) is 5.69 Å². The molecule has 1 aromatic heterocycles. The van der Waals surface area contributed by atoms with E-state index in [2.05, 4.69) is 5.32 Å². The van der Waals surface area contributed by atoms with Gasteiger partial charge in [-0.15, -0.1) is 11.3 Å². The van der Waals surface area contributed by atoms with Crippen molar-refractivity contribution in [1.29, 1.82) is 0 Å². The predicted molar refractivity (Wildman–Crippen MR) is 105 cm³/mol. The van der Waals surface area contributed by atoms with E-state index in [-0.39, 0.29) is 5.69 Å². The molecule has 2 rings (SSSR count). The van der Waals surface area contributed by atoms with Crippen molar-refractivity contribution in [3.63, 3.8) is 0 Å². The summed E-state index contributed by atoms with van der Waals surface area (Å²) in [5, 5.41) is 14.0. The molecule has 0 aliphatic rings. The Bertz CT molecular complexity index is 832. The zero-order chi connectivity index (χ0) is 19.2. The Morgan fingerprint density at radius 2 is 1.88 bits per heavy atom. The maximum absolute atomic E-state index is 11.5. The first kappa shape index (κ1) is 20.5. The number of hydrogen-bond donors (Lipinski definition) is 1. The number of thiophene rings is 1. The monoisotopic (exact) mass is 397 g/mol. The molecule has 0 fully saturated rings. The summed E-state index contributed by atoms with van der Waals surface area (Å²) in [5.74, 6) is 0. The molecule has 1 N–H and O–H groups in total.